The summed E-state index contributed by atoms with van der Waals surface area (Å²) >= 11 is 1.12. The number of anilines is 1. The Morgan fingerprint density at radius 3 is 2.67 bits per heavy atom. The number of hydrogen-bond acceptors (Lipinski definition) is 6. The molecular weight excluding hydrogens is 290 g/mol. The first kappa shape index (κ1) is 14.7. The van der Waals surface area contributed by atoms with Crippen LogP contribution in [0.5, 0.6) is 5.75 Å². The maximum absolute atomic E-state index is 10.5. The normalized spacial score (nSPS) is 11.1. The highest BCUT2D eigenvalue weighted by Gasteiger charge is 2.06. The molecule has 0 atom stereocenters. The first-order valence-electron chi connectivity index (χ1n) is 6.03. The van der Waals surface area contributed by atoms with Crippen LogP contribution in [0.1, 0.15) is 4.88 Å². The van der Waals surface area contributed by atoms with E-state index in [9.17, 15) is 10.1 Å². The number of hydrogen-bond donors (Lipinski definition) is 1. The topological polar surface area (TPSA) is 76.8 Å². The molecule has 0 aliphatic heterocycles. The van der Waals surface area contributed by atoms with Crippen LogP contribution in [0.3, 0.4) is 0 Å². The van der Waals surface area contributed by atoms with E-state index >= 15 is 0 Å². The molecule has 1 N–H and O–H groups in total. The highest BCUT2D eigenvalue weighted by molar-refractivity contribution is 7.16. The average Bonchev–Trinajstić information content (AvgIpc) is 2.97. The summed E-state index contributed by atoms with van der Waals surface area (Å²) in [4.78, 5) is 10.9. The van der Waals surface area contributed by atoms with E-state index in [1.165, 1.54) is 6.07 Å². The molecule has 0 aliphatic rings. The zero-order chi connectivity index (χ0) is 15.1. The van der Waals surface area contributed by atoms with Crippen LogP contribution in [0.25, 0.3) is 6.08 Å². The molecule has 7 heteroatoms. The molecule has 1 aromatic carbocycles. The number of nitrogens with zero attached hydrogens (tertiary/aromatic N) is 2. The first-order chi connectivity index (χ1) is 10.2. The van der Waals surface area contributed by atoms with Crippen molar-refractivity contribution in [1.29, 1.82) is 0 Å². The number of nitro groups is 1. The Balaban J connectivity index is 1.86. The van der Waals surface area contributed by atoms with E-state index in [1.807, 2.05) is 24.3 Å². The molecule has 0 unspecified atom stereocenters. The highest BCUT2D eigenvalue weighted by Crippen LogP contribution is 2.24. The zero-order valence-electron chi connectivity index (χ0n) is 11.2. The van der Waals surface area contributed by atoms with Crippen LogP contribution < -0.4 is 10.2 Å². The lowest BCUT2D eigenvalue weighted by molar-refractivity contribution is -0.380. The van der Waals surface area contributed by atoms with E-state index in [1.54, 1.807) is 31.5 Å². The first-order valence-corrected chi connectivity index (χ1v) is 6.85. The van der Waals surface area contributed by atoms with Gasteiger partial charge in [0.2, 0.25) is 0 Å². The van der Waals surface area contributed by atoms with Crippen LogP contribution in [-0.2, 0) is 0 Å². The van der Waals surface area contributed by atoms with E-state index in [0.29, 0.717) is 0 Å². The predicted molar refractivity (Wildman–Crippen MR) is 85.1 cm³/mol. The summed E-state index contributed by atoms with van der Waals surface area (Å²) in [7, 11) is 1.61. The number of allylic oxidation sites excluding steroid dienone is 1. The summed E-state index contributed by atoms with van der Waals surface area (Å²) in [6.45, 7) is 0. The van der Waals surface area contributed by atoms with Crippen molar-refractivity contribution in [2.75, 3.05) is 12.5 Å². The molecule has 0 amide bonds. The second-order valence-electron chi connectivity index (χ2n) is 3.91. The molecule has 2 rings (SSSR count). The van der Waals surface area contributed by atoms with Crippen molar-refractivity contribution in [3.8, 4) is 5.75 Å². The third kappa shape index (κ3) is 4.43. The summed E-state index contributed by atoms with van der Waals surface area (Å²) in [5.41, 5.74) is 3.70. The Morgan fingerprint density at radius 1 is 1.29 bits per heavy atom. The number of benzene rings is 1. The maximum Gasteiger partial charge on any atom is 0.324 e. The molecule has 6 nitrogen and oxygen atoms in total. The lowest BCUT2D eigenvalue weighted by atomic mass is 10.3. The highest BCUT2D eigenvalue weighted by atomic mass is 32.1. The van der Waals surface area contributed by atoms with Gasteiger partial charge in [-0.05, 0) is 42.5 Å². The average molecular weight is 303 g/mol. The minimum Gasteiger partial charge on any atom is -0.497 e. The predicted octanol–water partition coefficient (Wildman–Crippen LogP) is 3.78. The second kappa shape index (κ2) is 7.20. The van der Waals surface area contributed by atoms with E-state index in [2.05, 4.69) is 10.5 Å². The van der Waals surface area contributed by atoms with Gasteiger partial charge in [-0.3, -0.25) is 15.5 Å². The SMILES string of the molecule is COc1ccc(N/N=C/C=C/c2ccc([N+](=O)[O-])s2)cc1. The monoisotopic (exact) mass is 303 g/mol. The Kier molecular flexibility index (Phi) is 5.05. The minimum atomic E-state index is -0.401. The molecule has 0 spiro atoms. The molecule has 0 bridgehead atoms. The lowest BCUT2D eigenvalue weighted by Crippen LogP contribution is -1.88. The maximum atomic E-state index is 10.5. The van der Waals surface area contributed by atoms with Crippen LogP contribution in [0.4, 0.5) is 10.7 Å². The molecule has 108 valence electrons. The molecule has 2 aromatic rings. The number of methoxy groups -OCH3 is 1. The van der Waals surface area contributed by atoms with Gasteiger partial charge in [-0.2, -0.15) is 5.10 Å². The van der Waals surface area contributed by atoms with Crippen molar-refractivity contribution in [3.05, 3.63) is 57.5 Å². The number of rotatable bonds is 6. The Bertz CT molecular complexity index is 662. The van der Waals surface area contributed by atoms with Crippen molar-refractivity contribution < 1.29 is 9.66 Å². The molecular formula is C14H13N3O3S. The van der Waals surface area contributed by atoms with E-state index in [-0.39, 0.29) is 5.00 Å². The molecule has 0 fully saturated rings. The van der Waals surface area contributed by atoms with Crippen molar-refractivity contribution in [2.24, 2.45) is 5.10 Å². The minimum absolute atomic E-state index is 0.128. The fraction of sp³-hybridized carbons (Fsp3) is 0.0714. The quantitative estimate of drug-likeness (QED) is 0.500. The molecule has 1 heterocycles. The van der Waals surface area contributed by atoms with Crippen molar-refractivity contribution in [3.63, 3.8) is 0 Å². The lowest BCUT2D eigenvalue weighted by Gasteiger charge is -2.01. The summed E-state index contributed by atoms with van der Waals surface area (Å²) in [5, 5.41) is 14.7. The third-order valence-corrected chi connectivity index (χ3v) is 3.50. The van der Waals surface area contributed by atoms with Crippen LogP contribution in [-0.4, -0.2) is 18.2 Å². The second-order valence-corrected chi connectivity index (χ2v) is 5.00. The largest absolute Gasteiger partial charge is 0.497 e. The van der Waals surface area contributed by atoms with Gasteiger partial charge < -0.3 is 4.74 Å². The molecule has 21 heavy (non-hydrogen) atoms. The molecule has 0 radical (unpaired) electrons. The van der Waals surface area contributed by atoms with Crippen LogP contribution >= 0.6 is 11.3 Å². The molecule has 0 aliphatic carbocycles. The van der Waals surface area contributed by atoms with Crippen molar-refractivity contribution in [1.82, 2.24) is 0 Å². The Morgan fingerprint density at radius 2 is 2.05 bits per heavy atom. The Labute approximate surface area is 125 Å². The molecule has 1 aromatic heterocycles. The Hall–Kier alpha value is -2.67. The number of nitrogens with one attached hydrogen (secondary N) is 1. The van der Waals surface area contributed by atoms with Crippen molar-refractivity contribution in [2.45, 2.75) is 0 Å². The van der Waals surface area contributed by atoms with Gasteiger partial charge >= 0.3 is 5.00 Å². The van der Waals surface area contributed by atoms with Gasteiger partial charge in [0, 0.05) is 17.2 Å². The number of hydrazone groups is 1. The van der Waals surface area contributed by atoms with Gasteiger partial charge in [0.05, 0.1) is 17.7 Å². The van der Waals surface area contributed by atoms with Gasteiger partial charge in [0.15, 0.2) is 0 Å². The fourth-order valence-corrected chi connectivity index (χ4v) is 2.22. The van der Waals surface area contributed by atoms with Gasteiger partial charge in [0.1, 0.15) is 5.75 Å². The molecule has 0 saturated carbocycles. The van der Waals surface area contributed by atoms with E-state index in [0.717, 1.165) is 27.7 Å². The van der Waals surface area contributed by atoms with Gasteiger partial charge in [-0.15, -0.1) is 0 Å². The fourth-order valence-electron chi connectivity index (χ4n) is 1.49. The smallest absolute Gasteiger partial charge is 0.324 e. The van der Waals surface area contributed by atoms with E-state index in [4.69, 9.17) is 4.74 Å². The zero-order valence-corrected chi connectivity index (χ0v) is 12.0. The summed E-state index contributed by atoms with van der Waals surface area (Å²) in [5.74, 6) is 0.781. The standard InChI is InChI=1S/C14H13N3O3S/c1-20-12-6-4-11(5-7-12)16-15-10-2-3-13-8-9-14(21-13)17(18)19/h2-10,16H,1H3/b3-2+,15-10+. The summed E-state index contributed by atoms with van der Waals surface area (Å²) in [6.07, 6.45) is 5.05. The van der Waals surface area contributed by atoms with Gasteiger partial charge in [-0.1, -0.05) is 11.3 Å². The van der Waals surface area contributed by atoms with Crippen molar-refractivity contribution >= 4 is 34.3 Å². The molecule has 0 saturated heterocycles. The number of thiophene rings is 1. The van der Waals surface area contributed by atoms with Crippen LogP contribution in [0, 0.1) is 10.1 Å². The van der Waals surface area contributed by atoms with Crippen LogP contribution in [0.15, 0.2) is 47.6 Å². The van der Waals surface area contributed by atoms with Gasteiger partial charge in [0.25, 0.3) is 0 Å². The number of ether oxygens (including phenoxy) is 1. The van der Waals surface area contributed by atoms with E-state index < -0.39 is 4.92 Å². The van der Waals surface area contributed by atoms with Crippen LogP contribution in [0.2, 0.25) is 0 Å². The summed E-state index contributed by atoms with van der Waals surface area (Å²) in [6, 6.07) is 10.5. The third-order valence-electron chi connectivity index (χ3n) is 2.50. The van der Waals surface area contributed by atoms with Gasteiger partial charge in [-0.25, -0.2) is 0 Å². The summed E-state index contributed by atoms with van der Waals surface area (Å²) < 4.78 is 5.06.